The molecule has 1 saturated heterocycles. The van der Waals surface area contributed by atoms with Crippen LogP contribution >= 0.6 is 11.6 Å². The van der Waals surface area contributed by atoms with Gasteiger partial charge in [-0.25, -0.2) is 8.42 Å². The van der Waals surface area contributed by atoms with Crippen LogP contribution in [0.25, 0.3) is 0 Å². The molecule has 0 unspecified atom stereocenters. The SMILES string of the molecule is CC(=O)Nc1ccc(Cl)c(NC(=O)C2CCN(S(=O)(=O)c3ccc4c(c3)CCC4)CC2)c1. The molecule has 2 amide bonds. The Morgan fingerprint density at radius 2 is 1.72 bits per heavy atom. The van der Waals surface area contributed by atoms with E-state index in [4.69, 9.17) is 11.6 Å². The van der Waals surface area contributed by atoms with Crippen LogP contribution in [0.15, 0.2) is 41.3 Å². The number of hydrogen-bond donors (Lipinski definition) is 2. The maximum absolute atomic E-state index is 13.1. The van der Waals surface area contributed by atoms with Crippen LogP contribution in [-0.4, -0.2) is 37.6 Å². The topological polar surface area (TPSA) is 95.6 Å². The number of carbonyl (C=O) groups is 2. The molecule has 32 heavy (non-hydrogen) atoms. The number of piperidine rings is 1. The third kappa shape index (κ3) is 4.82. The molecular formula is C23H26ClN3O4S. The Labute approximate surface area is 193 Å². The third-order valence-corrected chi connectivity index (χ3v) is 8.30. The van der Waals surface area contributed by atoms with Gasteiger partial charge in [-0.3, -0.25) is 9.59 Å². The minimum atomic E-state index is -3.58. The van der Waals surface area contributed by atoms with Gasteiger partial charge in [0.1, 0.15) is 0 Å². The summed E-state index contributed by atoms with van der Waals surface area (Å²) in [7, 11) is -3.58. The van der Waals surface area contributed by atoms with E-state index in [0.717, 1.165) is 24.8 Å². The van der Waals surface area contributed by atoms with Gasteiger partial charge < -0.3 is 10.6 Å². The number of hydrogen-bond acceptors (Lipinski definition) is 4. The lowest BCUT2D eigenvalue weighted by Crippen LogP contribution is -2.41. The van der Waals surface area contributed by atoms with Crippen LogP contribution in [0, 0.1) is 5.92 Å². The molecule has 0 atom stereocenters. The van der Waals surface area contributed by atoms with E-state index in [1.165, 1.54) is 16.8 Å². The monoisotopic (exact) mass is 475 g/mol. The molecule has 1 aliphatic heterocycles. The fourth-order valence-electron chi connectivity index (χ4n) is 4.35. The first-order valence-corrected chi connectivity index (χ1v) is 12.6. The van der Waals surface area contributed by atoms with E-state index in [-0.39, 0.29) is 30.8 Å². The fourth-order valence-corrected chi connectivity index (χ4v) is 6.04. The number of benzene rings is 2. The van der Waals surface area contributed by atoms with Crippen LogP contribution in [0.2, 0.25) is 5.02 Å². The first kappa shape index (κ1) is 22.8. The van der Waals surface area contributed by atoms with Gasteiger partial charge in [0.2, 0.25) is 21.8 Å². The van der Waals surface area contributed by atoms with Crippen LogP contribution in [0.3, 0.4) is 0 Å². The van der Waals surface area contributed by atoms with E-state index < -0.39 is 10.0 Å². The summed E-state index contributed by atoms with van der Waals surface area (Å²) in [5, 5.41) is 5.84. The number of nitrogens with one attached hydrogen (secondary N) is 2. The summed E-state index contributed by atoms with van der Waals surface area (Å²) in [4.78, 5) is 24.4. The molecule has 0 spiro atoms. The summed E-state index contributed by atoms with van der Waals surface area (Å²) >= 11 is 6.19. The van der Waals surface area contributed by atoms with E-state index in [0.29, 0.717) is 34.1 Å². The summed E-state index contributed by atoms with van der Waals surface area (Å²) in [5.74, 6) is -0.745. The molecule has 2 aliphatic rings. The summed E-state index contributed by atoms with van der Waals surface area (Å²) in [6.45, 7) is 1.98. The zero-order valence-corrected chi connectivity index (χ0v) is 19.4. The second-order valence-corrected chi connectivity index (χ2v) is 10.7. The van der Waals surface area contributed by atoms with Gasteiger partial charge >= 0.3 is 0 Å². The number of halogens is 1. The molecule has 0 bridgehead atoms. The Bertz CT molecular complexity index is 1160. The highest BCUT2D eigenvalue weighted by Gasteiger charge is 2.32. The van der Waals surface area contributed by atoms with Crippen LogP contribution in [-0.2, 0) is 32.5 Å². The van der Waals surface area contributed by atoms with E-state index in [1.807, 2.05) is 6.07 Å². The average Bonchev–Trinajstić information content (AvgIpc) is 3.24. The van der Waals surface area contributed by atoms with Crippen molar-refractivity contribution in [2.24, 2.45) is 5.92 Å². The lowest BCUT2D eigenvalue weighted by atomic mass is 9.97. The van der Waals surface area contributed by atoms with Gasteiger partial charge in [-0.2, -0.15) is 4.31 Å². The van der Waals surface area contributed by atoms with Crippen molar-refractivity contribution in [1.29, 1.82) is 0 Å². The Balaban J connectivity index is 1.39. The molecule has 7 nitrogen and oxygen atoms in total. The molecule has 170 valence electrons. The number of rotatable bonds is 5. The number of carbonyl (C=O) groups excluding carboxylic acids is 2. The van der Waals surface area contributed by atoms with Gasteiger partial charge in [-0.15, -0.1) is 0 Å². The highest BCUT2D eigenvalue weighted by molar-refractivity contribution is 7.89. The fraction of sp³-hybridized carbons (Fsp3) is 0.391. The van der Waals surface area contributed by atoms with Crippen LogP contribution < -0.4 is 10.6 Å². The molecule has 0 aromatic heterocycles. The predicted molar refractivity (Wildman–Crippen MR) is 124 cm³/mol. The largest absolute Gasteiger partial charge is 0.326 e. The highest BCUT2D eigenvalue weighted by Crippen LogP contribution is 2.30. The average molecular weight is 476 g/mol. The zero-order chi connectivity index (χ0) is 22.9. The minimum Gasteiger partial charge on any atom is -0.326 e. The smallest absolute Gasteiger partial charge is 0.243 e. The lowest BCUT2D eigenvalue weighted by molar-refractivity contribution is -0.121. The summed E-state index contributed by atoms with van der Waals surface area (Å²) in [5.41, 5.74) is 3.31. The third-order valence-electron chi connectivity index (χ3n) is 6.08. The van der Waals surface area contributed by atoms with Gasteiger partial charge in [-0.05, 0) is 73.6 Å². The summed E-state index contributed by atoms with van der Waals surface area (Å²) in [6, 6.07) is 10.3. The predicted octanol–water partition coefficient (Wildman–Crippen LogP) is 3.83. The number of aryl methyl sites for hydroxylation is 2. The first-order chi connectivity index (χ1) is 15.2. The molecular weight excluding hydrogens is 450 g/mol. The second-order valence-electron chi connectivity index (χ2n) is 8.33. The van der Waals surface area contributed by atoms with Crippen molar-refractivity contribution >= 4 is 44.8 Å². The zero-order valence-electron chi connectivity index (χ0n) is 17.9. The van der Waals surface area contributed by atoms with Crippen LogP contribution in [0.5, 0.6) is 0 Å². The van der Waals surface area contributed by atoms with Crippen molar-refractivity contribution in [1.82, 2.24) is 4.31 Å². The number of amides is 2. The van der Waals surface area contributed by atoms with Crippen molar-refractivity contribution in [3.05, 3.63) is 52.5 Å². The van der Waals surface area contributed by atoms with Crippen molar-refractivity contribution in [3.8, 4) is 0 Å². The highest BCUT2D eigenvalue weighted by atomic mass is 35.5. The molecule has 2 N–H and O–H groups in total. The molecule has 0 saturated carbocycles. The van der Waals surface area contributed by atoms with E-state index in [1.54, 1.807) is 30.3 Å². The Morgan fingerprint density at radius 3 is 2.44 bits per heavy atom. The minimum absolute atomic E-state index is 0.207. The Hall–Kier alpha value is -2.42. The van der Waals surface area contributed by atoms with E-state index >= 15 is 0 Å². The molecule has 0 radical (unpaired) electrons. The van der Waals surface area contributed by atoms with E-state index in [9.17, 15) is 18.0 Å². The second kappa shape index (κ2) is 9.21. The maximum atomic E-state index is 13.1. The molecule has 1 aliphatic carbocycles. The lowest BCUT2D eigenvalue weighted by Gasteiger charge is -2.30. The van der Waals surface area contributed by atoms with Crippen molar-refractivity contribution in [3.63, 3.8) is 0 Å². The number of sulfonamides is 1. The van der Waals surface area contributed by atoms with Crippen LogP contribution in [0.1, 0.15) is 37.3 Å². The van der Waals surface area contributed by atoms with Gasteiger partial charge in [0.25, 0.3) is 0 Å². The molecule has 9 heteroatoms. The standard InChI is InChI=1S/C23H26ClN3O4S/c1-15(28)25-19-6-8-21(24)22(14-19)26-23(29)17-9-11-27(12-10-17)32(30,31)20-7-5-16-3-2-4-18(16)13-20/h5-8,13-14,17H,2-4,9-12H2,1H3,(H,25,28)(H,26,29). The summed E-state index contributed by atoms with van der Waals surface area (Å²) < 4.78 is 27.7. The number of fused-ring (bicyclic) bond motifs is 1. The quantitative estimate of drug-likeness (QED) is 0.687. The van der Waals surface area contributed by atoms with Gasteiger partial charge in [0.05, 0.1) is 15.6 Å². The normalized spacial score (nSPS) is 17.1. The van der Waals surface area contributed by atoms with Crippen molar-refractivity contribution < 1.29 is 18.0 Å². The van der Waals surface area contributed by atoms with E-state index in [2.05, 4.69) is 10.6 Å². The Morgan fingerprint density at radius 1 is 1.00 bits per heavy atom. The number of nitrogens with zero attached hydrogens (tertiary/aromatic N) is 1. The van der Waals surface area contributed by atoms with Gasteiger partial charge in [0.15, 0.2) is 0 Å². The molecule has 2 aromatic carbocycles. The number of anilines is 2. The maximum Gasteiger partial charge on any atom is 0.243 e. The van der Waals surface area contributed by atoms with Gasteiger partial charge in [0, 0.05) is 31.6 Å². The molecule has 1 fully saturated rings. The molecule has 1 heterocycles. The van der Waals surface area contributed by atoms with Crippen molar-refractivity contribution in [2.75, 3.05) is 23.7 Å². The molecule has 4 rings (SSSR count). The van der Waals surface area contributed by atoms with Crippen LogP contribution in [0.4, 0.5) is 11.4 Å². The van der Waals surface area contributed by atoms with Crippen molar-refractivity contribution in [2.45, 2.75) is 43.9 Å². The molecule has 2 aromatic rings. The summed E-state index contributed by atoms with van der Waals surface area (Å²) in [6.07, 6.45) is 3.86. The Kier molecular flexibility index (Phi) is 6.55. The van der Waals surface area contributed by atoms with Gasteiger partial charge in [-0.1, -0.05) is 17.7 Å². The first-order valence-electron chi connectivity index (χ1n) is 10.7.